The fourth-order valence-electron chi connectivity index (χ4n) is 2.65. The molecule has 0 aliphatic carbocycles. The van der Waals surface area contributed by atoms with Gasteiger partial charge in [-0.1, -0.05) is 34.1 Å². The molecule has 0 aromatic carbocycles. The summed E-state index contributed by atoms with van der Waals surface area (Å²) in [5.41, 5.74) is 0.734. The minimum Gasteiger partial charge on any atom is -0.316 e. The Hall–Kier alpha value is 0.0969. The Morgan fingerprint density at radius 3 is 1.80 bits per heavy atom. The molecule has 0 rings (SSSR count). The van der Waals surface area contributed by atoms with Gasteiger partial charge >= 0.3 is 0 Å². The smallest absolute Gasteiger partial charge is 0.289 e. The minimum atomic E-state index is -1.66. The lowest BCUT2D eigenvalue weighted by Gasteiger charge is -2.48. The van der Waals surface area contributed by atoms with Crippen LogP contribution in [0.15, 0.2) is 0 Å². The molecular formula is C11H29N3Si. The molecule has 92 valence electrons. The molecule has 3 nitrogen and oxygen atoms in total. The third-order valence-electron chi connectivity index (χ3n) is 3.59. The first-order valence-electron chi connectivity index (χ1n) is 6.12. The van der Waals surface area contributed by atoms with Gasteiger partial charge in [0, 0.05) is 0 Å². The number of hydrogen-bond donors (Lipinski definition) is 1. The largest absolute Gasteiger partial charge is 0.316 e. The molecule has 0 saturated heterocycles. The molecule has 0 bridgehead atoms. The summed E-state index contributed by atoms with van der Waals surface area (Å²) in [6, 6.07) is 0. The first kappa shape index (κ1) is 15.1. The van der Waals surface area contributed by atoms with Crippen LogP contribution in [-0.4, -0.2) is 51.9 Å². The van der Waals surface area contributed by atoms with E-state index < -0.39 is 8.56 Å². The van der Waals surface area contributed by atoms with Gasteiger partial charge in [-0.25, -0.2) is 0 Å². The zero-order valence-electron chi connectivity index (χ0n) is 11.6. The topological polar surface area (TPSA) is 18.5 Å². The lowest BCUT2D eigenvalue weighted by molar-refractivity contribution is 0.366. The summed E-state index contributed by atoms with van der Waals surface area (Å²) in [6.45, 7) is 11.4. The van der Waals surface area contributed by atoms with Crippen LogP contribution in [0.2, 0.25) is 5.54 Å². The van der Waals surface area contributed by atoms with E-state index in [4.69, 9.17) is 0 Å². The second-order valence-corrected chi connectivity index (χ2v) is 8.82. The Morgan fingerprint density at radius 2 is 1.60 bits per heavy atom. The van der Waals surface area contributed by atoms with E-state index in [1.807, 2.05) is 0 Å². The lowest BCUT2D eigenvalue weighted by atomic mass is 10.4. The molecule has 2 unspecified atom stereocenters. The van der Waals surface area contributed by atoms with Crippen LogP contribution in [0.1, 0.15) is 34.1 Å². The van der Waals surface area contributed by atoms with Crippen LogP contribution in [0, 0.1) is 0 Å². The summed E-state index contributed by atoms with van der Waals surface area (Å²) in [4.78, 5) is 3.66. The summed E-state index contributed by atoms with van der Waals surface area (Å²) in [6.07, 6.45) is 1.24. The van der Waals surface area contributed by atoms with Gasteiger partial charge in [0.1, 0.15) is 0 Å². The first-order chi connectivity index (χ1) is 7.00. The Kier molecular flexibility index (Phi) is 6.67. The molecule has 0 radical (unpaired) electrons. The lowest BCUT2D eigenvalue weighted by Crippen LogP contribution is -2.73. The van der Waals surface area contributed by atoms with Crippen LogP contribution < -0.4 is 4.98 Å². The zero-order valence-corrected chi connectivity index (χ0v) is 12.6. The normalized spacial score (nSPS) is 18.2. The van der Waals surface area contributed by atoms with Crippen molar-refractivity contribution in [2.75, 3.05) is 34.2 Å². The Labute approximate surface area is 97.1 Å². The predicted octanol–water partition coefficient (Wildman–Crippen LogP) is 1.85. The van der Waals surface area contributed by atoms with Crippen molar-refractivity contribution in [1.29, 1.82) is 0 Å². The van der Waals surface area contributed by atoms with E-state index in [1.54, 1.807) is 0 Å². The summed E-state index contributed by atoms with van der Waals surface area (Å²) < 4.78 is 5.06. The van der Waals surface area contributed by atoms with Crippen molar-refractivity contribution in [2.45, 2.75) is 39.7 Å². The molecule has 0 amide bonds. The van der Waals surface area contributed by atoms with Gasteiger partial charge < -0.3 is 9.55 Å². The molecule has 0 spiro atoms. The second kappa shape index (κ2) is 6.63. The van der Waals surface area contributed by atoms with E-state index in [9.17, 15) is 0 Å². The molecule has 1 N–H and O–H groups in total. The first-order valence-corrected chi connectivity index (χ1v) is 8.09. The molecule has 4 heteroatoms. The highest BCUT2D eigenvalue weighted by molar-refractivity contribution is 6.73. The van der Waals surface area contributed by atoms with E-state index in [0.29, 0.717) is 0 Å². The standard InChI is InChI=1S/C11H29N3Si/c1-8-11(4)15(12-5,13(6)7)14(9-2)10-3/h11-12H,8-10H2,1-7H3. The van der Waals surface area contributed by atoms with Crippen molar-refractivity contribution in [1.82, 2.24) is 14.1 Å². The zero-order chi connectivity index (χ0) is 12.1. The summed E-state index contributed by atoms with van der Waals surface area (Å²) in [5.74, 6) is 0. The number of nitrogens with one attached hydrogen (secondary N) is 1. The van der Waals surface area contributed by atoms with Gasteiger partial charge in [-0.3, -0.25) is 4.57 Å². The summed E-state index contributed by atoms with van der Waals surface area (Å²) >= 11 is 0. The highest BCUT2D eigenvalue weighted by Gasteiger charge is 2.45. The van der Waals surface area contributed by atoms with Crippen LogP contribution in [0.5, 0.6) is 0 Å². The Balaban J connectivity index is 5.12. The predicted molar refractivity (Wildman–Crippen MR) is 71.1 cm³/mol. The van der Waals surface area contributed by atoms with Gasteiger partial charge in [0.25, 0.3) is 8.56 Å². The fourth-order valence-corrected chi connectivity index (χ4v) is 7.51. The van der Waals surface area contributed by atoms with Gasteiger partial charge in [0.2, 0.25) is 0 Å². The van der Waals surface area contributed by atoms with Crippen LogP contribution in [0.25, 0.3) is 0 Å². The van der Waals surface area contributed by atoms with Crippen molar-refractivity contribution in [3.63, 3.8) is 0 Å². The number of nitrogens with zero attached hydrogens (tertiary/aromatic N) is 2. The Morgan fingerprint density at radius 1 is 1.13 bits per heavy atom. The average molecular weight is 231 g/mol. The van der Waals surface area contributed by atoms with Crippen LogP contribution in [0.3, 0.4) is 0 Å². The fraction of sp³-hybridized carbons (Fsp3) is 1.00. The van der Waals surface area contributed by atoms with Gasteiger partial charge in [-0.15, -0.1) is 0 Å². The maximum Gasteiger partial charge on any atom is 0.289 e. The average Bonchev–Trinajstić information content (AvgIpc) is 2.24. The SMILES string of the molecule is CCC(C)[Si](NC)(N(C)C)N(CC)CC. The van der Waals surface area contributed by atoms with Crippen LogP contribution in [-0.2, 0) is 0 Å². The van der Waals surface area contributed by atoms with E-state index in [1.165, 1.54) is 6.42 Å². The van der Waals surface area contributed by atoms with Crippen LogP contribution >= 0.6 is 0 Å². The molecule has 0 aromatic rings. The van der Waals surface area contributed by atoms with Crippen LogP contribution in [0.4, 0.5) is 0 Å². The van der Waals surface area contributed by atoms with Crippen molar-refractivity contribution < 1.29 is 0 Å². The number of hydrogen-bond acceptors (Lipinski definition) is 3. The monoisotopic (exact) mass is 231 g/mol. The molecule has 0 aliphatic heterocycles. The highest BCUT2D eigenvalue weighted by Crippen LogP contribution is 2.26. The second-order valence-electron chi connectivity index (χ2n) is 4.35. The molecule has 15 heavy (non-hydrogen) atoms. The molecule has 0 fully saturated rings. The highest BCUT2D eigenvalue weighted by atomic mass is 28.4. The van der Waals surface area contributed by atoms with E-state index in [0.717, 1.165) is 18.6 Å². The maximum absolute atomic E-state index is 3.66. The summed E-state index contributed by atoms with van der Waals surface area (Å²) in [5, 5.41) is 0. The number of rotatable bonds is 7. The third kappa shape index (κ3) is 2.81. The molecular weight excluding hydrogens is 202 g/mol. The molecule has 0 heterocycles. The maximum atomic E-state index is 3.66. The van der Waals surface area contributed by atoms with Gasteiger partial charge in [0.05, 0.1) is 0 Å². The van der Waals surface area contributed by atoms with Crippen molar-refractivity contribution >= 4 is 8.56 Å². The molecule has 0 aliphatic rings. The quantitative estimate of drug-likeness (QED) is 0.675. The van der Waals surface area contributed by atoms with Gasteiger partial charge in [-0.05, 0) is 39.8 Å². The van der Waals surface area contributed by atoms with E-state index in [-0.39, 0.29) is 0 Å². The van der Waals surface area contributed by atoms with Crippen molar-refractivity contribution in [3.05, 3.63) is 0 Å². The van der Waals surface area contributed by atoms with E-state index >= 15 is 0 Å². The summed E-state index contributed by atoms with van der Waals surface area (Å²) in [7, 11) is 4.89. The molecule has 0 saturated carbocycles. The third-order valence-corrected chi connectivity index (χ3v) is 9.07. The van der Waals surface area contributed by atoms with Crippen molar-refractivity contribution in [2.24, 2.45) is 0 Å². The molecule has 0 aromatic heterocycles. The minimum absolute atomic E-state index is 0.734. The Bertz CT molecular complexity index is 171. The van der Waals surface area contributed by atoms with Crippen molar-refractivity contribution in [3.8, 4) is 0 Å². The molecule has 2 atom stereocenters. The van der Waals surface area contributed by atoms with Gasteiger partial charge in [0.15, 0.2) is 0 Å². The van der Waals surface area contributed by atoms with Gasteiger partial charge in [-0.2, -0.15) is 0 Å². The van der Waals surface area contributed by atoms with E-state index in [2.05, 4.69) is 63.0 Å².